The maximum absolute atomic E-state index is 13.1. The Morgan fingerprint density at radius 2 is 1.71 bits per heavy atom. The SMILES string of the molecule is CC(C)(CCN)c1cc(F)ccc1C(F)(F)F. The lowest BCUT2D eigenvalue weighted by Gasteiger charge is -2.28. The van der Waals surface area contributed by atoms with Crippen LogP contribution in [0.15, 0.2) is 18.2 Å². The summed E-state index contributed by atoms with van der Waals surface area (Å²) in [5.74, 6) is -0.668. The van der Waals surface area contributed by atoms with Crippen molar-refractivity contribution < 1.29 is 17.6 Å². The van der Waals surface area contributed by atoms with Crippen molar-refractivity contribution in [2.45, 2.75) is 31.9 Å². The van der Waals surface area contributed by atoms with Crippen LogP contribution in [0.1, 0.15) is 31.4 Å². The van der Waals surface area contributed by atoms with Gasteiger partial charge >= 0.3 is 6.18 Å². The molecule has 0 aliphatic rings. The number of nitrogens with two attached hydrogens (primary N) is 1. The van der Waals surface area contributed by atoms with Crippen LogP contribution in [0.5, 0.6) is 0 Å². The molecule has 0 amide bonds. The fourth-order valence-corrected chi connectivity index (χ4v) is 1.82. The van der Waals surface area contributed by atoms with Gasteiger partial charge in [0.15, 0.2) is 0 Å². The predicted molar refractivity (Wildman–Crippen MR) is 58.1 cm³/mol. The average Bonchev–Trinajstić information content (AvgIpc) is 2.15. The highest BCUT2D eigenvalue weighted by Gasteiger charge is 2.37. The maximum atomic E-state index is 13.1. The first-order chi connectivity index (χ1) is 7.68. The molecule has 0 aromatic heterocycles. The molecule has 1 aromatic rings. The van der Waals surface area contributed by atoms with Gasteiger partial charge in [0.2, 0.25) is 0 Å². The van der Waals surface area contributed by atoms with Crippen molar-refractivity contribution in [2.75, 3.05) is 6.54 Å². The molecule has 1 rings (SSSR count). The summed E-state index contributed by atoms with van der Waals surface area (Å²) in [6.45, 7) is 3.51. The van der Waals surface area contributed by atoms with Gasteiger partial charge in [0.1, 0.15) is 5.82 Å². The molecule has 0 atom stereocenters. The first-order valence-electron chi connectivity index (χ1n) is 5.26. The summed E-state index contributed by atoms with van der Waals surface area (Å²) in [4.78, 5) is 0. The standard InChI is InChI=1S/C12H15F4N/c1-11(2,5-6-17)10-7-8(13)3-4-9(10)12(14,15)16/h3-4,7H,5-6,17H2,1-2H3. The molecule has 0 saturated heterocycles. The minimum atomic E-state index is -4.48. The summed E-state index contributed by atoms with van der Waals surface area (Å²) in [6.07, 6.45) is -4.12. The Hall–Kier alpha value is -1.10. The first-order valence-corrected chi connectivity index (χ1v) is 5.26. The highest BCUT2D eigenvalue weighted by molar-refractivity contribution is 5.36. The third-order valence-electron chi connectivity index (χ3n) is 2.79. The molecule has 1 nitrogen and oxygen atoms in total. The van der Waals surface area contributed by atoms with Gasteiger partial charge in [0, 0.05) is 0 Å². The van der Waals surface area contributed by atoms with Crippen molar-refractivity contribution >= 4 is 0 Å². The molecule has 0 unspecified atom stereocenters. The Labute approximate surface area is 97.6 Å². The molecule has 0 saturated carbocycles. The third kappa shape index (κ3) is 3.19. The topological polar surface area (TPSA) is 26.0 Å². The number of hydrogen-bond acceptors (Lipinski definition) is 1. The van der Waals surface area contributed by atoms with Crippen molar-refractivity contribution in [1.82, 2.24) is 0 Å². The number of benzene rings is 1. The van der Waals surface area contributed by atoms with Crippen molar-refractivity contribution in [2.24, 2.45) is 5.73 Å². The van der Waals surface area contributed by atoms with Crippen LogP contribution < -0.4 is 5.73 Å². The number of halogens is 4. The zero-order chi connectivity index (χ0) is 13.3. The number of alkyl halides is 3. The van der Waals surface area contributed by atoms with Gasteiger partial charge in [-0.05, 0) is 42.1 Å². The van der Waals surface area contributed by atoms with Crippen LogP contribution in [-0.2, 0) is 11.6 Å². The molecule has 5 heteroatoms. The minimum absolute atomic E-state index is 0.0459. The first kappa shape index (κ1) is 14.0. The zero-order valence-corrected chi connectivity index (χ0v) is 9.74. The van der Waals surface area contributed by atoms with Gasteiger partial charge in [0.05, 0.1) is 5.56 Å². The number of rotatable bonds is 3. The summed E-state index contributed by atoms with van der Waals surface area (Å²) in [6, 6.07) is 2.55. The second-order valence-electron chi connectivity index (χ2n) is 4.61. The van der Waals surface area contributed by atoms with E-state index in [9.17, 15) is 17.6 Å². The van der Waals surface area contributed by atoms with Crippen LogP contribution >= 0.6 is 0 Å². The fourth-order valence-electron chi connectivity index (χ4n) is 1.82. The molecule has 1 aromatic carbocycles. The molecule has 17 heavy (non-hydrogen) atoms. The van der Waals surface area contributed by atoms with Crippen LogP contribution in [0, 0.1) is 5.82 Å². The summed E-state index contributed by atoms with van der Waals surface area (Å²) in [5, 5.41) is 0. The highest BCUT2D eigenvalue weighted by Crippen LogP contribution is 2.39. The Morgan fingerprint density at radius 3 is 2.18 bits per heavy atom. The second-order valence-corrected chi connectivity index (χ2v) is 4.61. The quantitative estimate of drug-likeness (QED) is 0.815. The van der Waals surface area contributed by atoms with Crippen molar-refractivity contribution in [3.63, 3.8) is 0 Å². The van der Waals surface area contributed by atoms with E-state index in [4.69, 9.17) is 5.73 Å². The second kappa shape index (κ2) is 4.64. The Bertz CT molecular complexity index is 396. The maximum Gasteiger partial charge on any atom is 0.416 e. The zero-order valence-electron chi connectivity index (χ0n) is 9.74. The van der Waals surface area contributed by atoms with E-state index in [2.05, 4.69) is 0 Å². The molecule has 0 spiro atoms. The molecule has 0 bridgehead atoms. The Morgan fingerprint density at radius 1 is 1.12 bits per heavy atom. The molecule has 0 aliphatic carbocycles. The van der Waals surface area contributed by atoms with Gasteiger partial charge in [-0.2, -0.15) is 13.2 Å². The fraction of sp³-hybridized carbons (Fsp3) is 0.500. The Balaban J connectivity index is 3.34. The third-order valence-corrected chi connectivity index (χ3v) is 2.79. The predicted octanol–water partition coefficient (Wildman–Crippen LogP) is 3.47. The highest BCUT2D eigenvalue weighted by atomic mass is 19.4. The lowest BCUT2D eigenvalue weighted by Crippen LogP contribution is -2.26. The van der Waals surface area contributed by atoms with Gasteiger partial charge in [-0.1, -0.05) is 13.8 Å². The van der Waals surface area contributed by atoms with Crippen molar-refractivity contribution in [3.05, 3.63) is 35.1 Å². The molecular weight excluding hydrogens is 234 g/mol. The van der Waals surface area contributed by atoms with E-state index in [1.807, 2.05) is 0 Å². The summed E-state index contributed by atoms with van der Waals surface area (Å²) < 4.78 is 51.5. The average molecular weight is 249 g/mol. The van der Waals surface area contributed by atoms with Gasteiger partial charge in [0.25, 0.3) is 0 Å². The molecule has 0 radical (unpaired) electrons. The summed E-state index contributed by atoms with van der Waals surface area (Å²) >= 11 is 0. The normalized spacial score (nSPS) is 12.9. The van der Waals surface area contributed by atoms with Crippen molar-refractivity contribution in [3.8, 4) is 0 Å². The van der Waals surface area contributed by atoms with E-state index in [1.54, 1.807) is 13.8 Å². The monoisotopic (exact) mass is 249 g/mol. The van der Waals surface area contributed by atoms with Crippen LogP contribution in [0.3, 0.4) is 0 Å². The lowest BCUT2D eigenvalue weighted by atomic mass is 9.79. The van der Waals surface area contributed by atoms with Gasteiger partial charge < -0.3 is 5.73 Å². The van der Waals surface area contributed by atoms with Gasteiger partial charge in [-0.3, -0.25) is 0 Å². The largest absolute Gasteiger partial charge is 0.416 e. The lowest BCUT2D eigenvalue weighted by molar-refractivity contribution is -0.138. The van der Waals surface area contributed by atoms with Gasteiger partial charge in [-0.25, -0.2) is 4.39 Å². The van der Waals surface area contributed by atoms with Crippen LogP contribution in [0.4, 0.5) is 17.6 Å². The van der Waals surface area contributed by atoms with Gasteiger partial charge in [-0.15, -0.1) is 0 Å². The molecular formula is C12H15F4N. The van der Waals surface area contributed by atoms with E-state index >= 15 is 0 Å². The summed E-state index contributed by atoms with van der Waals surface area (Å²) in [5.41, 5.74) is 3.73. The van der Waals surface area contributed by atoms with Crippen LogP contribution in [0.2, 0.25) is 0 Å². The molecule has 96 valence electrons. The van der Waals surface area contributed by atoms with E-state index in [0.29, 0.717) is 6.42 Å². The van der Waals surface area contributed by atoms with E-state index in [0.717, 1.165) is 18.2 Å². The van der Waals surface area contributed by atoms with E-state index < -0.39 is 23.0 Å². The van der Waals surface area contributed by atoms with Crippen LogP contribution in [0.25, 0.3) is 0 Å². The van der Waals surface area contributed by atoms with Crippen LogP contribution in [-0.4, -0.2) is 6.54 Å². The molecule has 0 fully saturated rings. The Kier molecular flexibility index (Phi) is 3.81. The molecule has 2 N–H and O–H groups in total. The molecule has 0 aliphatic heterocycles. The van der Waals surface area contributed by atoms with E-state index in [1.165, 1.54) is 0 Å². The molecule has 0 heterocycles. The summed E-state index contributed by atoms with van der Waals surface area (Å²) in [7, 11) is 0. The van der Waals surface area contributed by atoms with Crippen molar-refractivity contribution in [1.29, 1.82) is 0 Å². The minimum Gasteiger partial charge on any atom is -0.330 e. The number of hydrogen-bond donors (Lipinski definition) is 1. The smallest absolute Gasteiger partial charge is 0.330 e. The van der Waals surface area contributed by atoms with E-state index in [-0.39, 0.29) is 12.1 Å².